The zero-order valence-electron chi connectivity index (χ0n) is 23.7. The van der Waals surface area contributed by atoms with Crippen molar-refractivity contribution in [3.8, 4) is 22.8 Å². The van der Waals surface area contributed by atoms with Crippen molar-refractivity contribution in [1.29, 1.82) is 0 Å². The van der Waals surface area contributed by atoms with Crippen LogP contribution in [0.25, 0.3) is 34.2 Å². The van der Waals surface area contributed by atoms with E-state index in [-0.39, 0.29) is 0 Å². The van der Waals surface area contributed by atoms with E-state index in [1.54, 1.807) is 0 Å². The first-order valence-corrected chi connectivity index (χ1v) is 15.1. The monoisotopic (exact) mass is 550 g/mol. The van der Waals surface area contributed by atoms with Crippen LogP contribution in [0.5, 0.6) is 0 Å². The van der Waals surface area contributed by atoms with E-state index in [1.807, 2.05) is 61.2 Å². The van der Waals surface area contributed by atoms with Crippen LogP contribution in [-0.2, 0) is 6.42 Å². The number of rotatable bonds is 7. The lowest BCUT2D eigenvalue weighted by Crippen LogP contribution is -2.04. The van der Waals surface area contributed by atoms with Gasteiger partial charge in [-0.05, 0) is 123 Å². The predicted octanol–water partition coefficient (Wildman–Crippen LogP) is 8.14. The van der Waals surface area contributed by atoms with Crippen LogP contribution >= 0.6 is 0 Å². The summed E-state index contributed by atoms with van der Waals surface area (Å²) in [5, 5.41) is 0. The number of aliphatic imine (C=N–C) groups is 2. The molecule has 7 rings (SSSR count). The first kappa shape index (κ1) is 26.3. The van der Waals surface area contributed by atoms with Crippen LogP contribution in [0.4, 0.5) is 0 Å². The van der Waals surface area contributed by atoms with E-state index in [9.17, 15) is 0 Å². The zero-order valence-corrected chi connectivity index (χ0v) is 23.7. The van der Waals surface area contributed by atoms with Gasteiger partial charge in [0.2, 0.25) is 0 Å². The van der Waals surface area contributed by atoms with Gasteiger partial charge in [-0.25, -0.2) is 9.97 Å². The van der Waals surface area contributed by atoms with Crippen LogP contribution < -0.4 is 0 Å². The molecule has 0 saturated heterocycles. The Morgan fingerprint density at radius 3 is 1.79 bits per heavy atom. The van der Waals surface area contributed by atoms with Crippen LogP contribution in [0.3, 0.4) is 0 Å². The molecular formula is C36H34N6. The average Bonchev–Trinajstić information content (AvgIpc) is 3.54. The van der Waals surface area contributed by atoms with Crippen LogP contribution in [0.15, 0.2) is 95.2 Å². The highest BCUT2D eigenvalue weighted by molar-refractivity contribution is 5.77. The Balaban J connectivity index is 1.17. The number of pyridine rings is 4. The third kappa shape index (κ3) is 5.89. The fourth-order valence-electron chi connectivity index (χ4n) is 6.30. The van der Waals surface area contributed by atoms with Gasteiger partial charge in [-0.15, -0.1) is 0 Å². The first-order chi connectivity index (χ1) is 20.8. The molecule has 0 aromatic carbocycles. The Hall–Kier alpha value is -4.58. The van der Waals surface area contributed by atoms with Crippen molar-refractivity contribution in [3.63, 3.8) is 0 Å². The fraction of sp³-hybridized carbons (Fsp3) is 0.278. The lowest BCUT2D eigenvalue weighted by molar-refractivity contribution is 0.536. The van der Waals surface area contributed by atoms with Crippen LogP contribution in [0.1, 0.15) is 73.4 Å². The summed E-state index contributed by atoms with van der Waals surface area (Å²) in [7, 11) is 0. The normalized spacial score (nSPS) is 19.9. The maximum Gasteiger partial charge on any atom is 0.0897 e. The van der Waals surface area contributed by atoms with E-state index < -0.39 is 0 Å². The quantitative estimate of drug-likeness (QED) is 0.233. The molecule has 0 spiro atoms. The fourth-order valence-corrected chi connectivity index (χ4v) is 6.30. The number of allylic oxidation sites excluding steroid dienone is 2. The van der Waals surface area contributed by atoms with Crippen molar-refractivity contribution in [2.45, 2.75) is 57.3 Å². The van der Waals surface area contributed by atoms with Crippen molar-refractivity contribution in [2.24, 2.45) is 15.9 Å². The van der Waals surface area contributed by atoms with Gasteiger partial charge in [0.15, 0.2) is 0 Å². The second kappa shape index (κ2) is 12.1. The molecule has 0 amide bonds. The summed E-state index contributed by atoms with van der Waals surface area (Å²) in [4.78, 5) is 28.5. The Bertz CT molecular complexity index is 1690. The Morgan fingerprint density at radius 2 is 1.19 bits per heavy atom. The highest BCUT2D eigenvalue weighted by atomic mass is 14.9. The Kier molecular flexibility index (Phi) is 7.59. The van der Waals surface area contributed by atoms with E-state index >= 15 is 0 Å². The zero-order chi connectivity index (χ0) is 28.1. The third-order valence-electron chi connectivity index (χ3n) is 8.38. The minimum absolute atomic E-state index is 0.481. The molecule has 6 nitrogen and oxygen atoms in total. The van der Waals surface area contributed by atoms with Crippen LogP contribution in [0, 0.1) is 5.92 Å². The standard InChI is InChI=1S/C36H34N6/c1-5-15-37-29(9-1)33-21-26(22-34(41-33)30-10-2-6-16-38-30)19-25-13-14-27(20-25)28-23-35(31-11-3-7-17-39-31)42-36(24-28)32-12-4-8-18-40-32/h1,3,5,7,9-12,15-18,21-25,27H,2,4,6,8,13-14,19-20H2. The van der Waals surface area contributed by atoms with E-state index in [0.717, 1.165) is 84.1 Å². The van der Waals surface area contributed by atoms with Gasteiger partial charge >= 0.3 is 0 Å². The first-order valence-electron chi connectivity index (χ1n) is 15.1. The minimum atomic E-state index is 0.481. The van der Waals surface area contributed by atoms with Gasteiger partial charge in [-0.2, -0.15) is 0 Å². The van der Waals surface area contributed by atoms with E-state index in [4.69, 9.17) is 9.97 Å². The van der Waals surface area contributed by atoms with Gasteiger partial charge in [0, 0.05) is 24.8 Å². The van der Waals surface area contributed by atoms with Crippen molar-refractivity contribution in [1.82, 2.24) is 19.9 Å². The summed E-state index contributed by atoms with van der Waals surface area (Å²) in [5.41, 5.74) is 10.1. The van der Waals surface area contributed by atoms with Crippen LogP contribution in [-0.4, -0.2) is 32.4 Å². The summed E-state index contributed by atoms with van der Waals surface area (Å²) in [5.74, 6) is 1.07. The maximum atomic E-state index is 5.00. The summed E-state index contributed by atoms with van der Waals surface area (Å²) >= 11 is 0. The topological polar surface area (TPSA) is 76.3 Å². The Morgan fingerprint density at radius 1 is 0.595 bits per heavy atom. The largest absolute Gasteiger partial charge is 0.259 e. The third-order valence-corrected chi connectivity index (χ3v) is 8.38. The summed E-state index contributed by atoms with van der Waals surface area (Å²) in [6.07, 6.45) is 20.6. The molecule has 4 aromatic heterocycles. The van der Waals surface area contributed by atoms with E-state index in [0.29, 0.717) is 11.8 Å². The number of hydrogen-bond donors (Lipinski definition) is 0. The summed E-state index contributed by atoms with van der Waals surface area (Å²) in [6.45, 7) is 0. The number of hydrogen-bond acceptors (Lipinski definition) is 6. The molecule has 0 N–H and O–H groups in total. The molecule has 2 unspecified atom stereocenters. The minimum Gasteiger partial charge on any atom is -0.259 e. The molecule has 208 valence electrons. The SMILES string of the molecule is C1=NC(c2cc(CC3CCC(c4cc(C5=CCCC=N5)nc(-c5ccccn5)c4)C3)cc(-c3ccccn3)n2)=CCC1. The summed E-state index contributed by atoms with van der Waals surface area (Å²) in [6, 6.07) is 21.0. The van der Waals surface area contributed by atoms with Gasteiger partial charge in [0.25, 0.3) is 0 Å². The van der Waals surface area contributed by atoms with E-state index in [1.165, 1.54) is 24.0 Å². The average molecular weight is 551 g/mol. The van der Waals surface area contributed by atoms with Gasteiger partial charge in [-0.3, -0.25) is 20.0 Å². The van der Waals surface area contributed by atoms with Gasteiger partial charge < -0.3 is 0 Å². The number of aromatic nitrogens is 4. The molecule has 1 aliphatic carbocycles. The smallest absolute Gasteiger partial charge is 0.0897 e. The second-order valence-electron chi connectivity index (χ2n) is 11.4. The molecule has 2 atom stereocenters. The van der Waals surface area contributed by atoms with Gasteiger partial charge in [0.1, 0.15) is 0 Å². The van der Waals surface area contributed by atoms with Crippen molar-refractivity contribution >= 4 is 23.8 Å². The second-order valence-corrected chi connectivity index (χ2v) is 11.4. The van der Waals surface area contributed by atoms with Crippen molar-refractivity contribution in [2.75, 3.05) is 0 Å². The Labute approximate surface area is 247 Å². The summed E-state index contributed by atoms with van der Waals surface area (Å²) < 4.78 is 0. The highest BCUT2D eigenvalue weighted by Crippen LogP contribution is 2.41. The molecule has 1 fully saturated rings. The molecule has 3 aliphatic rings. The molecule has 0 bridgehead atoms. The van der Waals surface area contributed by atoms with Crippen molar-refractivity contribution < 1.29 is 0 Å². The molecule has 6 heteroatoms. The lowest BCUT2D eigenvalue weighted by atomic mass is 9.92. The van der Waals surface area contributed by atoms with Crippen molar-refractivity contribution in [3.05, 3.63) is 108 Å². The number of nitrogens with zero attached hydrogens (tertiary/aromatic N) is 6. The van der Waals surface area contributed by atoms with Gasteiger partial charge in [-0.1, -0.05) is 24.3 Å². The molecular weight excluding hydrogens is 516 g/mol. The van der Waals surface area contributed by atoms with Gasteiger partial charge in [0.05, 0.1) is 45.6 Å². The lowest BCUT2D eigenvalue weighted by Gasteiger charge is -2.16. The molecule has 4 aromatic rings. The molecule has 42 heavy (non-hydrogen) atoms. The van der Waals surface area contributed by atoms with Crippen LogP contribution in [0.2, 0.25) is 0 Å². The molecule has 2 aliphatic heterocycles. The molecule has 1 saturated carbocycles. The molecule has 6 heterocycles. The van der Waals surface area contributed by atoms with E-state index in [2.05, 4.69) is 56.4 Å². The predicted molar refractivity (Wildman–Crippen MR) is 170 cm³/mol. The maximum absolute atomic E-state index is 5.00. The highest BCUT2D eigenvalue weighted by Gasteiger charge is 2.28. The molecule has 0 radical (unpaired) electrons.